The predicted molar refractivity (Wildman–Crippen MR) is 85.8 cm³/mol. The van der Waals surface area contributed by atoms with Crippen molar-refractivity contribution in [3.05, 3.63) is 53.6 Å². The molecule has 2 aromatic carbocycles. The lowest BCUT2D eigenvalue weighted by Crippen LogP contribution is -2.16. The maximum Gasteiger partial charge on any atom is 0.259 e. The molecule has 4 nitrogen and oxygen atoms in total. The molecule has 0 aliphatic heterocycles. The molecule has 2 rings (SSSR count). The van der Waals surface area contributed by atoms with Crippen molar-refractivity contribution < 1.29 is 9.53 Å². The minimum atomic E-state index is -0.195. The zero-order valence-corrected chi connectivity index (χ0v) is 12.5. The van der Waals surface area contributed by atoms with Crippen molar-refractivity contribution in [2.24, 2.45) is 0 Å². The molecule has 0 aromatic heterocycles. The molecule has 2 aromatic rings. The van der Waals surface area contributed by atoms with E-state index in [0.29, 0.717) is 17.0 Å². The van der Waals surface area contributed by atoms with E-state index in [-0.39, 0.29) is 12.0 Å². The second kappa shape index (κ2) is 6.31. The lowest BCUT2D eigenvalue weighted by molar-refractivity contribution is 0.102. The van der Waals surface area contributed by atoms with Gasteiger partial charge in [-0.05, 0) is 56.7 Å². The highest BCUT2D eigenvalue weighted by atomic mass is 16.5. The van der Waals surface area contributed by atoms with Crippen molar-refractivity contribution in [1.82, 2.24) is 0 Å². The molecule has 110 valence electrons. The van der Waals surface area contributed by atoms with Crippen LogP contribution in [0, 0.1) is 6.92 Å². The largest absolute Gasteiger partial charge is 0.490 e. The van der Waals surface area contributed by atoms with E-state index in [2.05, 4.69) is 5.32 Å². The predicted octanol–water partition coefficient (Wildman–Crippen LogP) is 3.62. The van der Waals surface area contributed by atoms with Gasteiger partial charge in [-0.15, -0.1) is 0 Å². The molecule has 0 saturated heterocycles. The molecule has 0 atom stereocenters. The monoisotopic (exact) mass is 284 g/mol. The van der Waals surface area contributed by atoms with Crippen molar-refractivity contribution >= 4 is 17.3 Å². The van der Waals surface area contributed by atoms with Gasteiger partial charge in [-0.3, -0.25) is 4.79 Å². The van der Waals surface area contributed by atoms with E-state index in [1.54, 1.807) is 24.3 Å². The summed E-state index contributed by atoms with van der Waals surface area (Å²) in [5.41, 5.74) is 8.57. The van der Waals surface area contributed by atoms with Crippen molar-refractivity contribution in [3.8, 4) is 5.75 Å². The molecule has 0 fully saturated rings. The number of rotatable bonds is 4. The van der Waals surface area contributed by atoms with Gasteiger partial charge < -0.3 is 15.8 Å². The summed E-state index contributed by atoms with van der Waals surface area (Å²) in [4.78, 5) is 12.4. The Morgan fingerprint density at radius 3 is 2.57 bits per heavy atom. The number of carbonyl (C=O) groups is 1. The Morgan fingerprint density at radius 2 is 1.90 bits per heavy atom. The van der Waals surface area contributed by atoms with E-state index in [0.717, 1.165) is 11.3 Å². The molecule has 0 bridgehead atoms. The minimum absolute atomic E-state index is 0.0113. The normalized spacial score (nSPS) is 10.5. The Labute approximate surface area is 124 Å². The number of carbonyl (C=O) groups excluding carboxylic acids is 1. The fraction of sp³-hybridized carbons (Fsp3) is 0.235. The number of hydrogen-bond acceptors (Lipinski definition) is 3. The van der Waals surface area contributed by atoms with Crippen molar-refractivity contribution in [2.75, 3.05) is 11.1 Å². The highest BCUT2D eigenvalue weighted by Crippen LogP contribution is 2.23. The van der Waals surface area contributed by atoms with Crippen LogP contribution in [0.1, 0.15) is 29.8 Å². The molecule has 0 radical (unpaired) electrons. The summed E-state index contributed by atoms with van der Waals surface area (Å²) < 4.78 is 5.67. The third-order valence-corrected chi connectivity index (χ3v) is 2.99. The molecular formula is C17H20N2O2. The third-order valence-electron chi connectivity index (χ3n) is 2.99. The first kappa shape index (κ1) is 14.9. The SMILES string of the molecule is Cc1cc(N)ccc1NC(=O)c1ccccc1OC(C)C. The lowest BCUT2D eigenvalue weighted by atomic mass is 10.1. The molecular weight excluding hydrogens is 264 g/mol. The molecule has 0 saturated carbocycles. The number of nitrogens with one attached hydrogen (secondary N) is 1. The van der Waals surface area contributed by atoms with Gasteiger partial charge >= 0.3 is 0 Å². The summed E-state index contributed by atoms with van der Waals surface area (Å²) in [6, 6.07) is 12.6. The summed E-state index contributed by atoms with van der Waals surface area (Å²) >= 11 is 0. The van der Waals surface area contributed by atoms with Crippen LogP contribution in [0.15, 0.2) is 42.5 Å². The third kappa shape index (κ3) is 3.75. The van der Waals surface area contributed by atoms with E-state index in [9.17, 15) is 4.79 Å². The molecule has 3 N–H and O–H groups in total. The number of nitrogen functional groups attached to an aromatic ring is 1. The number of para-hydroxylation sites is 1. The van der Waals surface area contributed by atoms with E-state index in [1.165, 1.54) is 0 Å². The molecule has 0 spiro atoms. The maximum atomic E-state index is 12.4. The Balaban J connectivity index is 2.24. The summed E-state index contributed by atoms with van der Waals surface area (Å²) in [7, 11) is 0. The van der Waals surface area contributed by atoms with E-state index in [4.69, 9.17) is 10.5 Å². The van der Waals surface area contributed by atoms with Gasteiger partial charge in [0.2, 0.25) is 0 Å². The zero-order valence-electron chi connectivity index (χ0n) is 12.5. The van der Waals surface area contributed by atoms with Crippen LogP contribution < -0.4 is 15.8 Å². The molecule has 4 heteroatoms. The van der Waals surface area contributed by atoms with Gasteiger partial charge in [0, 0.05) is 11.4 Å². The number of nitrogens with two attached hydrogens (primary N) is 1. The van der Waals surface area contributed by atoms with Gasteiger partial charge in [-0.25, -0.2) is 0 Å². The Morgan fingerprint density at radius 1 is 1.19 bits per heavy atom. The number of benzene rings is 2. The van der Waals surface area contributed by atoms with Gasteiger partial charge in [-0.1, -0.05) is 12.1 Å². The average Bonchev–Trinajstić information content (AvgIpc) is 2.42. The van der Waals surface area contributed by atoms with Gasteiger partial charge in [-0.2, -0.15) is 0 Å². The summed E-state index contributed by atoms with van der Waals surface area (Å²) in [6.07, 6.45) is 0.0113. The molecule has 0 aliphatic rings. The standard InChI is InChI=1S/C17H20N2O2/c1-11(2)21-16-7-5-4-6-14(16)17(20)19-15-9-8-13(18)10-12(15)3/h4-11H,18H2,1-3H3,(H,19,20). The fourth-order valence-corrected chi connectivity index (χ4v) is 2.03. The van der Waals surface area contributed by atoms with Crippen LogP contribution in [-0.4, -0.2) is 12.0 Å². The highest BCUT2D eigenvalue weighted by molar-refractivity contribution is 6.06. The second-order valence-electron chi connectivity index (χ2n) is 5.19. The van der Waals surface area contributed by atoms with Crippen molar-refractivity contribution in [1.29, 1.82) is 0 Å². The topological polar surface area (TPSA) is 64.3 Å². The first-order valence-corrected chi connectivity index (χ1v) is 6.90. The minimum Gasteiger partial charge on any atom is -0.490 e. The van der Waals surface area contributed by atoms with Crippen LogP contribution in [0.25, 0.3) is 0 Å². The van der Waals surface area contributed by atoms with Crippen LogP contribution in [0.3, 0.4) is 0 Å². The highest BCUT2D eigenvalue weighted by Gasteiger charge is 2.14. The van der Waals surface area contributed by atoms with Gasteiger partial charge in [0.15, 0.2) is 0 Å². The van der Waals surface area contributed by atoms with E-state index < -0.39 is 0 Å². The van der Waals surface area contributed by atoms with Gasteiger partial charge in [0.1, 0.15) is 5.75 Å². The molecule has 21 heavy (non-hydrogen) atoms. The van der Waals surface area contributed by atoms with Crippen LogP contribution in [0.5, 0.6) is 5.75 Å². The number of amides is 1. The van der Waals surface area contributed by atoms with Crippen molar-refractivity contribution in [3.63, 3.8) is 0 Å². The number of ether oxygens (including phenoxy) is 1. The average molecular weight is 284 g/mol. The maximum absolute atomic E-state index is 12.4. The first-order chi connectivity index (χ1) is 9.97. The van der Waals surface area contributed by atoms with E-state index in [1.807, 2.05) is 39.0 Å². The number of aryl methyl sites for hydroxylation is 1. The summed E-state index contributed by atoms with van der Waals surface area (Å²) in [5.74, 6) is 0.386. The van der Waals surface area contributed by atoms with Crippen LogP contribution in [-0.2, 0) is 0 Å². The molecule has 0 unspecified atom stereocenters. The molecule has 1 amide bonds. The Bertz CT molecular complexity index is 651. The fourth-order valence-electron chi connectivity index (χ4n) is 2.03. The summed E-state index contributed by atoms with van der Waals surface area (Å²) in [6.45, 7) is 5.76. The zero-order chi connectivity index (χ0) is 15.4. The van der Waals surface area contributed by atoms with Gasteiger partial charge in [0.05, 0.1) is 11.7 Å². The smallest absolute Gasteiger partial charge is 0.259 e. The van der Waals surface area contributed by atoms with Crippen molar-refractivity contribution in [2.45, 2.75) is 26.9 Å². The molecule has 0 heterocycles. The van der Waals surface area contributed by atoms with Crippen LogP contribution in [0.4, 0.5) is 11.4 Å². The van der Waals surface area contributed by atoms with E-state index >= 15 is 0 Å². The first-order valence-electron chi connectivity index (χ1n) is 6.90. The Hall–Kier alpha value is -2.49. The number of hydrogen-bond donors (Lipinski definition) is 2. The number of anilines is 2. The molecule has 0 aliphatic carbocycles. The quantitative estimate of drug-likeness (QED) is 0.843. The van der Waals surface area contributed by atoms with Crippen LogP contribution in [0.2, 0.25) is 0 Å². The van der Waals surface area contributed by atoms with Gasteiger partial charge in [0.25, 0.3) is 5.91 Å². The lowest BCUT2D eigenvalue weighted by Gasteiger charge is -2.15. The van der Waals surface area contributed by atoms with Crippen LogP contribution >= 0.6 is 0 Å². The summed E-state index contributed by atoms with van der Waals surface area (Å²) in [5, 5.41) is 2.89. The Kier molecular flexibility index (Phi) is 4.48. The second-order valence-corrected chi connectivity index (χ2v) is 5.19.